The average Bonchev–Trinajstić information content (AvgIpc) is 3.75. The van der Waals surface area contributed by atoms with Crippen molar-refractivity contribution in [1.29, 1.82) is 0 Å². The van der Waals surface area contributed by atoms with Crippen LogP contribution in [0.15, 0.2) is 255 Å². The van der Waals surface area contributed by atoms with Gasteiger partial charge in [-0.25, -0.2) is 15.0 Å². The summed E-state index contributed by atoms with van der Waals surface area (Å²) in [7, 11) is 0. The van der Waals surface area contributed by atoms with Gasteiger partial charge in [0, 0.05) is 33.2 Å². The lowest BCUT2D eigenvalue weighted by Gasteiger charge is -2.14. The molecule has 10 aromatic carbocycles. The normalized spacial score (nSPS) is 11.3. The van der Waals surface area contributed by atoms with E-state index in [0.717, 1.165) is 78.0 Å². The number of fused-ring (bicyclic) bond motifs is 3. The van der Waals surface area contributed by atoms with Crippen LogP contribution in [0.4, 0.5) is 0 Å². The average molecular weight is 855 g/mol. The van der Waals surface area contributed by atoms with Crippen molar-refractivity contribution in [2.24, 2.45) is 0 Å². The number of rotatable bonds is 9. The molecule has 0 amide bonds. The summed E-state index contributed by atoms with van der Waals surface area (Å²) in [4.78, 5) is 16.1. The molecule has 2 heterocycles. The zero-order valence-electron chi connectivity index (χ0n) is 36.5. The van der Waals surface area contributed by atoms with Gasteiger partial charge in [0.25, 0.3) is 0 Å². The quantitative estimate of drug-likeness (QED) is 0.145. The fraction of sp³-hybridized carbons (Fsp3) is 0. The highest BCUT2D eigenvalue weighted by Crippen LogP contribution is 2.38. The smallest absolute Gasteiger partial charge is 0.164 e. The van der Waals surface area contributed by atoms with Gasteiger partial charge in [-0.1, -0.05) is 182 Å². The predicted molar refractivity (Wildman–Crippen MR) is 278 cm³/mol. The molecule has 0 atom stereocenters. The second-order valence-electron chi connectivity index (χ2n) is 16.9. The van der Waals surface area contributed by atoms with Crippen LogP contribution in [-0.4, -0.2) is 19.5 Å². The summed E-state index contributed by atoms with van der Waals surface area (Å²) in [6.07, 6.45) is 0. The van der Waals surface area contributed by atoms with Gasteiger partial charge >= 0.3 is 0 Å². The molecule has 0 saturated carbocycles. The van der Waals surface area contributed by atoms with E-state index in [1.165, 1.54) is 21.8 Å². The lowest BCUT2D eigenvalue weighted by molar-refractivity contribution is 1.07. The number of nitrogens with zero attached hydrogens (tertiary/aromatic N) is 4. The van der Waals surface area contributed by atoms with Crippen LogP contribution in [0.1, 0.15) is 0 Å². The lowest BCUT2D eigenvalue weighted by atomic mass is 9.95. The predicted octanol–water partition coefficient (Wildman–Crippen LogP) is 16.3. The minimum absolute atomic E-state index is 0.598. The van der Waals surface area contributed by atoms with Crippen molar-refractivity contribution in [2.75, 3.05) is 0 Å². The summed E-state index contributed by atoms with van der Waals surface area (Å²) in [6.45, 7) is 0. The summed E-state index contributed by atoms with van der Waals surface area (Å²) < 4.78 is 2.35. The van der Waals surface area contributed by atoms with Crippen LogP contribution in [0.5, 0.6) is 0 Å². The first kappa shape index (κ1) is 39.6. The molecular formula is C63H42N4. The van der Waals surface area contributed by atoms with Crippen molar-refractivity contribution in [1.82, 2.24) is 19.5 Å². The van der Waals surface area contributed by atoms with E-state index in [9.17, 15) is 0 Å². The highest BCUT2D eigenvalue weighted by Gasteiger charge is 2.18. The Labute approximate surface area is 389 Å². The molecule has 0 unspecified atom stereocenters. The van der Waals surface area contributed by atoms with E-state index in [1.807, 2.05) is 0 Å². The maximum Gasteiger partial charge on any atom is 0.164 e. The third-order valence-corrected chi connectivity index (χ3v) is 12.6. The Kier molecular flexibility index (Phi) is 10.2. The van der Waals surface area contributed by atoms with E-state index in [0.29, 0.717) is 17.5 Å². The van der Waals surface area contributed by atoms with Gasteiger partial charge in [0.15, 0.2) is 17.5 Å². The van der Waals surface area contributed by atoms with Gasteiger partial charge in [0.05, 0.1) is 11.0 Å². The SMILES string of the molecule is c1ccc(-c2cc(-c3ccccc3)cc(-c3nc(-c4cccc(-c5ccc6c(c5)c5ccccc5n6-c5ccccc5)c4)nc(-c4cc(-c5ccccc5)cc(-c5ccccc5)c4)n3)c2)cc1. The Morgan fingerprint density at radius 1 is 0.209 bits per heavy atom. The number of para-hydroxylation sites is 2. The zero-order chi connectivity index (χ0) is 44.5. The second kappa shape index (κ2) is 17.2. The molecule has 0 fully saturated rings. The Balaban J connectivity index is 1.06. The van der Waals surface area contributed by atoms with E-state index in [2.05, 4.69) is 259 Å². The molecule has 0 aliphatic heterocycles. The Morgan fingerprint density at radius 2 is 0.552 bits per heavy atom. The van der Waals surface area contributed by atoms with Crippen molar-refractivity contribution in [3.63, 3.8) is 0 Å². The summed E-state index contributed by atoms with van der Waals surface area (Å²) in [6, 6.07) is 90.1. The highest BCUT2D eigenvalue weighted by molar-refractivity contribution is 6.10. The standard InChI is InChI=1S/C63H42N4/c1-6-19-43(20-7-1)50-36-51(44-21-8-2-9-22-44)39-54(38-50)62-64-61(65-63(66-62)55-40-52(45-23-10-3-11-24-45)37-53(41-55)46-25-12-4-13-26-46)49-28-18-27-47(35-49)48-33-34-60-58(42-48)57-31-16-17-32-59(57)67(60)56-29-14-5-15-30-56/h1-42H. The van der Waals surface area contributed by atoms with Crippen LogP contribution in [0.25, 0.3) is 117 Å². The first-order valence-corrected chi connectivity index (χ1v) is 22.7. The first-order chi connectivity index (χ1) is 33.2. The molecule has 4 heteroatoms. The number of hydrogen-bond acceptors (Lipinski definition) is 3. The van der Waals surface area contributed by atoms with Crippen molar-refractivity contribution in [3.8, 4) is 95.5 Å². The van der Waals surface area contributed by atoms with Crippen molar-refractivity contribution >= 4 is 21.8 Å². The first-order valence-electron chi connectivity index (χ1n) is 22.7. The Bertz CT molecular complexity index is 3450. The highest BCUT2D eigenvalue weighted by atomic mass is 15.0. The monoisotopic (exact) mass is 854 g/mol. The molecular weight excluding hydrogens is 813 g/mol. The molecule has 0 aliphatic carbocycles. The van der Waals surface area contributed by atoms with E-state index in [-0.39, 0.29) is 0 Å². The van der Waals surface area contributed by atoms with Crippen LogP contribution in [0.2, 0.25) is 0 Å². The maximum absolute atomic E-state index is 5.38. The molecule has 0 N–H and O–H groups in total. The van der Waals surface area contributed by atoms with Gasteiger partial charge in [0.1, 0.15) is 0 Å². The summed E-state index contributed by atoms with van der Waals surface area (Å²) in [5.74, 6) is 1.80. The molecule has 12 rings (SSSR count). The van der Waals surface area contributed by atoms with Crippen LogP contribution < -0.4 is 0 Å². The van der Waals surface area contributed by atoms with E-state index in [1.54, 1.807) is 0 Å². The second-order valence-corrected chi connectivity index (χ2v) is 16.9. The maximum atomic E-state index is 5.38. The molecule has 0 radical (unpaired) electrons. The summed E-state index contributed by atoms with van der Waals surface area (Å²) in [5.41, 5.74) is 17.2. The molecule has 4 nitrogen and oxygen atoms in total. The van der Waals surface area contributed by atoms with E-state index < -0.39 is 0 Å². The molecule has 2 aromatic heterocycles. The van der Waals surface area contributed by atoms with Gasteiger partial charge in [-0.2, -0.15) is 0 Å². The van der Waals surface area contributed by atoms with Crippen LogP contribution in [0, 0.1) is 0 Å². The fourth-order valence-corrected chi connectivity index (χ4v) is 9.31. The number of benzene rings is 10. The third kappa shape index (κ3) is 7.77. The molecule has 67 heavy (non-hydrogen) atoms. The third-order valence-electron chi connectivity index (χ3n) is 12.6. The molecule has 0 saturated heterocycles. The van der Waals surface area contributed by atoms with Gasteiger partial charge < -0.3 is 4.57 Å². The van der Waals surface area contributed by atoms with Crippen molar-refractivity contribution < 1.29 is 0 Å². The van der Waals surface area contributed by atoms with E-state index in [4.69, 9.17) is 15.0 Å². The largest absolute Gasteiger partial charge is 0.309 e. The summed E-state index contributed by atoms with van der Waals surface area (Å²) in [5, 5.41) is 2.42. The van der Waals surface area contributed by atoms with E-state index >= 15 is 0 Å². The fourth-order valence-electron chi connectivity index (χ4n) is 9.31. The molecule has 0 bridgehead atoms. The molecule has 0 spiro atoms. The van der Waals surface area contributed by atoms with Crippen molar-refractivity contribution in [2.45, 2.75) is 0 Å². The number of aromatic nitrogens is 4. The zero-order valence-corrected chi connectivity index (χ0v) is 36.5. The lowest BCUT2D eigenvalue weighted by Crippen LogP contribution is -2.01. The van der Waals surface area contributed by atoms with Crippen molar-refractivity contribution in [3.05, 3.63) is 255 Å². The summed E-state index contributed by atoms with van der Waals surface area (Å²) >= 11 is 0. The molecule has 314 valence electrons. The number of hydrogen-bond donors (Lipinski definition) is 0. The van der Waals surface area contributed by atoms with Gasteiger partial charge in [0.2, 0.25) is 0 Å². The van der Waals surface area contributed by atoms with Gasteiger partial charge in [-0.15, -0.1) is 0 Å². The minimum atomic E-state index is 0.598. The molecule has 12 aromatic rings. The van der Waals surface area contributed by atoms with Crippen LogP contribution in [0.3, 0.4) is 0 Å². The minimum Gasteiger partial charge on any atom is -0.309 e. The van der Waals surface area contributed by atoms with Crippen LogP contribution in [-0.2, 0) is 0 Å². The topological polar surface area (TPSA) is 43.6 Å². The Morgan fingerprint density at radius 3 is 1.04 bits per heavy atom. The van der Waals surface area contributed by atoms with Gasteiger partial charge in [-0.05, 0) is 128 Å². The molecule has 0 aliphatic rings. The van der Waals surface area contributed by atoms with Gasteiger partial charge in [-0.3, -0.25) is 0 Å². The van der Waals surface area contributed by atoms with Crippen LogP contribution >= 0.6 is 0 Å². The Hall–Kier alpha value is -8.99.